The van der Waals surface area contributed by atoms with E-state index in [1.165, 1.54) is 0 Å². The van der Waals surface area contributed by atoms with Gasteiger partial charge in [-0.25, -0.2) is 0 Å². The molecule has 76 valence electrons. The van der Waals surface area contributed by atoms with Crippen molar-refractivity contribution in [3.05, 3.63) is 29.8 Å². The summed E-state index contributed by atoms with van der Waals surface area (Å²) in [5.41, 5.74) is 12.4. The van der Waals surface area contributed by atoms with E-state index in [1.807, 2.05) is 24.3 Å². The lowest BCUT2D eigenvalue weighted by atomic mass is 10.1. The molecule has 1 rings (SSSR count). The molecular formula is C10H14N2O2. The van der Waals surface area contributed by atoms with Crippen LogP contribution in [0.5, 0.6) is 0 Å². The van der Waals surface area contributed by atoms with E-state index in [2.05, 4.69) is 0 Å². The molecule has 0 saturated carbocycles. The first-order valence-corrected chi connectivity index (χ1v) is 4.39. The summed E-state index contributed by atoms with van der Waals surface area (Å²) in [5, 5.41) is 0. The van der Waals surface area contributed by atoms with Crippen LogP contribution in [-0.2, 0) is 16.0 Å². The molecule has 0 heterocycles. The van der Waals surface area contributed by atoms with Crippen molar-refractivity contribution in [2.24, 2.45) is 5.73 Å². The topological polar surface area (TPSA) is 78.3 Å². The number of ether oxygens (including phenoxy) is 1. The molecule has 0 fully saturated rings. The quantitative estimate of drug-likeness (QED) is 0.523. The van der Waals surface area contributed by atoms with Crippen molar-refractivity contribution >= 4 is 11.6 Å². The fourth-order valence-corrected chi connectivity index (χ4v) is 1.12. The number of benzene rings is 1. The van der Waals surface area contributed by atoms with Gasteiger partial charge in [-0.15, -0.1) is 0 Å². The van der Waals surface area contributed by atoms with Crippen molar-refractivity contribution < 1.29 is 9.53 Å². The van der Waals surface area contributed by atoms with Crippen molar-refractivity contribution in [2.45, 2.75) is 6.42 Å². The summed E-state index contributed by atoms with van der Waals surface area (Å²) >= 11 is 0. The molecule has 0 aromatic heterocycles. The van der Waals surface area contributed by atoms with E-state index in [1.54, 1.807) is 0 Å². The summed E-state index contributed by atoms with van der Waals surface area (Å²) in [6, 6.07) is 7.56. The first kappa shape index (κ1) is 10.5. The summed E-state index contributed by atoms with van der Waals surface area (Å²) < 4.78 is 5.02. The molecule has 4 heteroatoms. The average molecular weight is 194 g/mol. The number of carbonyl (C=O) groups excluding carboxylic acids is 1. The maximum absolute atomic E-state index is 10.4. The number of primary amides is 1. The van der Waals surface area contributed by atoms with Crippen LogP contribution in [0.1, 0.15) is 5.56 Å². The van der Waals surface area contributed by atoms with E-state index in [9.17, 15) is 4.79 Å². The minimum atomic E-state index is -0.453. The lowest BCUT2D eigenvalue weighted by Crippen LogP contribution is -2.19. The Balaban J connectivity index is 2.31. The Labute approximate surface area is 82.8 Å². The summed E-state index contributed by atoms with van der Waals surface area (Å²) in [6.07, 6.45) is 0.694. The fraction of sp³-hybridized carbons (Fsp3) is 0.300. The Kier molecular flexibility index (Phi) is 3.94. The molecule has 0 aliphatic carbocycles. The first-order chi connectivity index (χ1) is 6.70. The van der Waals surface area contributed by atoms with Gasteiger partial charge in [0.2, 0.25) is 5.91 Å². The predicted octanol–water partition coefficient (Wildman–Crippen LogP) is 0.313. The molecule has 4 nitrogen and oxygen atoms in total. The molecule has 0 bridgehead atoms. The van der Waals surface area contributed by atoms with Crippen LogP contribution in [0, 0.1) is 0 Å². The summed E-state index contributed by atoms with van der Waals surface area (Å²) in [5.74, 6) is -0.453. The molecule has 14 heavy (non-hydrogen) atoms. The van der Waals surface area contributed by atoms with E-state index >= 15 is 0 Å². The van der Waals surface area contributed by atoms with E-state index in [4.69, 9.17) is 16.2 Å². The number of carbonyl (C=O) groups is 1. The highest BCUT2D eigenvalue weighted by Crippen LogP contribution is 2.10. The van der Waals surface area contributed by atoms with Crippen molar-refractivity contribution in [3.63, 3.8) is 0 Å². The van der Waals surface area contributed by atoms with E-state index in [-0.39, 0.29) is 6.61 Å². The summed E-state index contributed by atoms with van der Waals surface area (Å²) in [4.78, 5) is 10.4. The second-order valence-electron chi connectivity index (χ2n) is 2.97. The zero-order valence-corrected chi connectivity index (χ0v) is 7.90. The maximum atomic E-state index is 10.4. The van der Waals surface area contributed by atoms with Gasteiger partial charge in [0.25, 0.3) is 0 Å². The van der Waals surface area contributed by atoms with E-state index in [0.29, 0.717) is 13.0 Å². The molecule has 0 spiro atoms. The maximum Gasteiger partial charge on any atom is 0.243 e. The number of anilines is 1. The standard InChI is InChI=1S/C10H14N2O2/c11-9-4-2-1-3-8(9)5-6-14-7-10(12)13/h1-4H,5-7,11H2,(H2,12,13). The Hall–Kier alpha value is -1.55. The van der Waals surface area contributed by atoms with Crippen LogP contribution in [0.3, 0.4) is 0 Å². The van der Waals surface area contributed by atoms with Gasteiger partial charge in [0.15, 0.2) is 0 Å². The van der Waals surface area contributed by atoms with Crippen LogP contribution in [0.15, 0.2) is 24.3 Å². The highest BCUT2D eigenvalue weighted by atomic mass is 16.5. The van der Waals surface area contributed by atoms with Gasteiger partial charge in [0, 0.05) is 5.69 Å². The third-order valence-corrected chi connectivity index (χ3v) is 1.82. The van der Waals surface area contributed by atoms with Crippen molar-refractivity contribution in [1.82, 2.24) is 0 Å². The van der Waals surface area contributed by atoms with Gasteiger partial charge in [-0.05, 0) is 18.1 Å². The molecule has 1 aromatic rings. The van der Waals surface area contributed by atoms with E-state index in [0.717, 1.165) is 11.3 Å². The molecule has 0 saturated heterocycles. The van der Waals surface area contributed by atoms with Crippen molar-refractivity contribution in [3.8, 4) is 0 Å². The second kappa shape index (κ2) is 5.24. The van der Waals surface area contributed by atoms with Crippen LogP contribution < -0.4 is 11.5 Å². The molecular weight excluding hydrogens is 180 g/mol. The van der Waals surface area contributed by atoms with Crippen molar-refractivity contribution in [2.75, 3.05) is 18.9 Å². The summed E-state index contributed by atoms with van der Waals surface area (Å²) in [7, 11) is 0. The number of hydrogen-bond acceptors (Lipinski definition) is 3. The van der Waals surface area contributed by atoms with Gasteiger partial charge >= 0.3 is 0 Å². The Morgan fingerprint density at radius 2 is 2.07 bits per heavy atom. The van der Waals surface area contributed by atoms with Gasteiger partial charge in [-0.2, -0.15) is 0 Å². The predicted molar refractivity (Wildman–Crippen MR) is 54.6 cm³/mol. The molecule has 0 aliphatic rings. The third-order valence-electron chi connectivity index (χ3n) is 1.82. The zero-order chi connectivity index (χ0) is 10.4. The van der Waals surface area contributed by atoms with Crippen LogP contribution in [-0.4, -0.2) is 19.1 Å². The minimum absolute atomic E-state index is 0.0350. The van der Waals surface area contributed by atoms with Crippen LogP contribution >= 0.6 is 0 Å². The molecule has 1 amide bonds. The van der Waals surface area contributed by atoms with Gasteiger partial charge in [0.1, 0.15) is 6.61 Å². The number of nitrogen functional groups attached to an aromatic ring is 1. The molecule has 0 unspecified atom stereocenters. The Morgan fingerprint density at radius 1 is 1.36 bits per heavy atom. The Morgan fingerprint density at radius 3 is 2.71 bits per heavy atom. The van der Waals surface area contributed by atoms with E-state index < -0.39 is 5.91 Å². The lowest BCUT2D eigenvalue weighted by molar-refractivity contribution is -0.122. The number of amides is 1. The highest BCUT2D eigenvalue weighted by molar-refractivity contribution is 5.74. The number of rotatable bonds is 5. The normalized spacial score (nSPS) is 10.0. The molecule has 0 radical (unpaired) electrons. The fourth-order valence-electron chi connectivity index (χ4n) is 1.12. The van der Waals surface area contributed by atoms with Crippen LogP contribution in [0.25, 0.3) is 0 Å². The van der Waals surface area contributed by atoms with Gasteiger partial charge in [-0.3, -0.25) is 4.79 Å². The SMILES string of the molecule is NC(=O)COCCc1ccccc1N. The molecule has 1 aromatic carbocycles. The third kappa shape index (κ3) is 3.45. The molecule has 0 aliphatic heterocycles. The lowest BCUT2D eigenvalue weighted by Gasteiger charge is -2.04. The first-order valence-electron chi connectivity index (χ1n) is 4.39. The van der Waals surface area contributed by atoms with Gasteiger partial charge in [0.05, 0.1) is 6.61 Å². The van der Waals surface area contributed by atoms with Gasteiger partial charge in [-0.1, -0.05) is 18.2 Å². The number of hydrogen-bond donors (Lipinski definition) is 2. The smallest absolute Gasteiger partial charge is 0.243 e. The van der Waals surface area contributed by atoms with Gasteiger partial charge < -0.3 is 16.2 Å². The second-order valence-corrected chi connectivity index (χ2v) is 2.97. The zero-order valence-electron chi connectivity index (χ0n) is 7.90. The number of nitrogens with two attached hydrogens (primary N) is 2. The largest absolute Gasteiger partial charge is 0.399 e. The summed E-state index contributed by atoms with van der Waals surface area (Å²) in [6.45, 7) is 0.421. The molecule has 4 N–H and O–H groups in total. The minimum Gasteiger partial charge on any atom is -0.399 e. The van der Waals surface area contributed by atoms with Crippen LogP contribution in [0.2, 0.25) is 0 Å². The monoisotopic (exact) mass is 194 g/mol. The van der Waals surface area contributed by atoms with Crippen molar-refractivity contribution in [1.29, 1.82) is 0 Å². The average Bonchev–Trinajstić information content (AvgIpc) is 2.15. The molecule has 0 atom stereocenters. The highest BCUT2D eigenvalue weighted by Gasteiger charge is 1.98. The van der Waals surface area contributed by atoms with Crippen LogP contribution in [0.4, 0.5) is 5.69 Å². The Bertz CT molecular complexity index is 313. The number of para-hydroxylation sites is 1.